The van der Waals surface area contributed by atoms with Gasteiger partial charge in [0, 0.05) is 5.92 Å². The SMILES string of the molecule is OC(c1ccc2c(c1)CCC2)C1Cc2ccccc21. The van der Waals surface area contributed by atoms with E-state index < -0.39 is 0 Å². The third-order valence-corrected chi connectivity index (χ3v) is 4.74. The summed E-state index contributed by atoms with van der Waals surface area (Å²) >= 11 is 0. The Bertz CT molecular complexity index is 629. The van der Waals surface area contributed by atoms with Gasteiger partial charge in [0.2, 0.25) is 0 Å². The van der Waals surface area contributed by atoms with E-state index in [2.05, 4.69) is 42.5 Å². The third kappa shape index (κ3) is 1.73. The lowest BCUT2D eigenvalue weighted by Crippen LogP contribution is -2.23. The summed E-state index contributed by atoms with van der Waals surface area (Å²) in [7, 11) is 0. The Morgan fingerprint density at radius 3 is 2.68 bits per heavy atom. The van der Waals surface area contributed by atoms with Gasteiger partial charge in [-0.15, -0.1) is 0 Å². The summed E-state index contributed by atoms with van der Waals surface area (Å²) in [6.45, 7) is 0. The van der Waals surface area contributed by atoms with Crippen LogP contribution in [0.2, 0.25) is 0 Å². The van der Waals surface area contributed by atoms with E-state index in [-0.39, 0.29) is 12.0 Å². The maximum atomic E-state index is 10.6. The third-order valence-electron chi connectivity index (χ3n) is 4.74. The van der Waals surface area contributed by atoms with Crippen molar-refractivity contribution in [3.8, 4) is 0 Å². The van der Waals surface area contributed by atoms with Crippen LogP contribution in [0, 0.1) is 0 Å². The molecule has 0 radical (unpaired) electrons. The topological polar surface area (TPSA) is 20.2 Å². The van der Waals surface area contributed by atoms with Gasteiger partial charge in [0.15, 0.2) is 0 Å². The highest BCUT2D eigenvalue weighted by Gasteiger charge is 2.32. The lowest BCUT2D eigenvalue weighted by molar-refractivity contribution is 0.134. The molecule has 1 heteroatoms. The molecule has 0 spiro atoms. The molecule has 2 aromatic carbocycles. The number of aryl methyl sites for hydroxylation is 2. The van der Waals surface area contributed by atoms with Crippen LogP contribution in [-0.2, 0) is 19.3 Å². The second-order valence-corrected chi connectivity index (χ2v) is 5.84. The normalized spacial score (nSPS) is 21.4. The summed E-state index contributed by atoms with van der Waals surface area (Å²) in [6, 6.07) is 15.0. The molecule has 0 aromatic heterocycles. The second kappa shape index (κ2) is 4.21. The smallest absolute Gasteiger partial charge is 0.0861 e. The fourth-order valence-corrected chi connectivity index (χ4v) is 3.59. The molecule has 2 atom stereocenters. The summed E-state index contributed by atoms with van der Waals surface area (Å²) in [4.78, 5) is 0. The molecule has 0 amide bonds. The van der Waals surface area contributed by atoms with Crippen LogP contribution in [0.3, 0.4) is 0 Å². The van der Waals surface area contributed by atoms with E-state index >= 15 is 0 Å². The van der Waals surface area contributed by atoms with Crippen molar-refractivity contribution in [3.05, 3.63) is 70.3 Å². The largest absolute Gasteiger partial charge is 0.388 e. The lowest BCUT2D eigenvalue weighted by Gasteiger charge is -2.34. The summed E-state index contributed by atoms with van der Waals surface area (Å²) in [6.07, 6.45) is 4.31. The second-order valence-electron chi connectivity index (χ2n) is 5.84. The fraction of sp³-hybridized carbons (Fsp3) is 0.333. The Kier molecular flexibility index (Phi) is 2.49. The van der Waals surface area contributed by atoms with Crippen molar-refractivity contribution in [3.63, 3.8) is 0 Å². The molecule has 0 bridgehead atoms. The van der Waals surface area contributed by atoms with Crippen LogP contribution in [0.1, 0.15) is 46.3 Å². The Morgan fingerprint density at radius 2 is 1.79 bits per heavy atom. The molecule has 96 valence electrons. The number of fused-ring (bicyclic) bond motifs is 2. The maximum absolute atomic E-state index is 10.6. The van der Waals surface area contributed by atoms with Crippen molar-refractivity contribution in [1.29, 1.82) is 0 Å². The Balaban J connectivity index is 1.64. The average molecular weight is 250 g/mol. The molecule has 2 unspecified atom stereocenters. The summed E-state index contributed by atoms with van der Waals surface area (Å²) < 4.78 is 0. The fourth-order valence-electron chi connectivity index (χ4n) is 3.59. The van der Waals surface area contributed by atoms with E-state index in [1.807, 2.05) is 0 Å². The molecule has 1 N–H and O–H groups in total. The number of rotatable bonds is 2. The zero-order valence-electron chi connectivity index (χ0n) is 11.0. The van der Waals surface area contributed by atoms with Crippen molar-refractivity contribution in [2.24, 2.45) is 0 Å². The first-order valence-corrected chi connectivity index (χ1v) is 7.20. The van der Waals surface area contributed by atoms with Crippen LogP contribution in [0.15, 0.2) is 42.5 Å². The zero-order chi connectivity index (χ0) is 12.8. The Labute approximate surface area is 113 Å². The monoisotopic (exact) mass is 250 g/mol. The molecule has 0 aliphatic heterocycles. The van der Waals surface area contributed by atoms with E-state index in [1.54, 1.807) is 0 Å². The predicted octanol–water partition coefficient (Wildman–Crippen LogP) is 3.55. The predicted molar refractivity (Wildman–Crippen MR) is 76.3 cm³/mol. The van der Waals surface area contributed by atoms with Crippen molar-refractivity contribution in [2.75, 3.05) is 0 Å². The highest BCUT2D eigenvalue weighted by atomic mass is 16.3. The number of hydrogen-bond donors (Lipinski definition) is 1. The standard InChI is InChI=1S/C18H18O/c19-18(17-11-14-4-1-2-7-16(14)17)15-9-8-12-5-3-6-13(12)10-15/h1-2,4,7-10,17-19H,3,5-6,11H2. The van der Waals surface area contributed by atoms with E-state index in [0.29, 0.717) is 0 Å². The number of hydrogen-bond acceptors (Lipinski definition) is 1. The summed E-state index contributed by atoms with van der Waals surface area (Å²) in [5.74, 6) is 0.288. The van der Waals surface area contributed by atoms with E-state index in [4.69, 9.17) is 0 Å². The van der Waals surface area contributed by atoms with Gasteiger partial charge in [0.1, 0.15) is 0 Å². The van der Waals surface area contributed by atoms with E-state index in [9.17, 15) is 5.11 Å². The van der Waals surface area contributed by atoms with Crippen molar-refractivity contribution in [1.82, 2.24) is 0 Å². The first kappa shape index (κ1) is 11.2. The van der Waals surface area contributed by atoms with Gasteiger partial charge in [-0.2, -0.15) is 0 Å². The first-order chi connectivity index (χ1) is 9.33. The van der Waals surface area contributed by atoms with Crippen LogP contribution >= 0.6 is 0 Å². The van der Waals surface area contributed by atoms with Gasteiger partial charge in [0.25, 0.3) is 0 Å². The van der Waals surface area contributed by atoms with E-state index in [0.717, 1.165) is 12.0 Å². The van der Waals surface area contributed by atoms with Gasteiger partial charge < -0.3 is 5.11 Å². The Morgan fingerprint density at radius 1 is 0.947 bits per heavy atom. The van der Waals surface area contributed by atoms with Crippen molar-refractivity contribution < 1.29 is 5.11 Å². The van der Waals surface area contributed by atoms with Gasteiger partial charge in [-0.05, 0) is 53.5 Å². The molecule has 0 saturated heterocycles. The Hall–Kier alpha value is -1.60. The minimum absolute atomic E-state index is 0.288. The van der Waals surface area contributed by atoms with E-state index in [1.165, 1.54) is 41.5 Å². The number of aliphatic hydroxyl groups excluding tert-OH is 1. The minimum Gasteiger partial charge on any atom is -0.388 e. The van der Waals surface area contributed by atoms with Crippen LogP contribution in [0.25, 0.3) is 0 Å². The van der Waals surface area contributed by atoms with Crippen molar-refractivity contribution in [2.45, 2.75) is 37.7 Å². The van der Waals surface area contributed by atoms with Gasteiger partial charge in [-0.25, -0.2) is 0 Å². The quantitative estimate of drug-likeness (QED) is 0.864. The van der Waals surface area contributed by atoms with Crippen LogP contribution in [0.4, 0.5) is 0 Å². The number of aliphatic hydroxyl groups is 1. The summed E-state index contributed by atoms with van der Waals surface area (Å²) in [5.41, 5.74) is 6.75. The minimum atomic E-state index is -0.346. The molecule has 0 fully saturated rings. The highest BCUT2D eigenvalue weighted by molar-refractivity contribution is 5.44. The molecule has 0 saturated carbocycles. The molecular weight excluding hydrogens is 232 g/mol. The van der Waals surface area contributed by atoms with Gasteiger partial charge in [0.05, 0.1) is 6.10 Å². The van der Waals surface area contributed by atoms with Gasteiger partial charge >= 0.3 is 0 Å². The van der Waals surface area contributed by atoms with Gasteiger partial charge in [-0.3, -0.25) is 0 Å². The van der Waals surface area contributed by atoms with Gasteiger partial charge in [-0.1, -0.05) is 42.5 Å². The average Bonchev–Trinajstić information content (AvgIpc) is 2.87. The first-order valence-electron chi connectivity index (χ1n) is 7.20. The molecule has 19 heavy (non-hydrogen) atoms. The zero-order valence-corrected chi connectivity index (χ0v) is 11.0. The maximum Gasteiger partial charge on any atom is 0.0861 e. The van der Waals surface area contributed by atoms with Crippen LogP contribution < -0.4 is 0 Å². The van der Waals surface area contributed by atoms with Crippen molar-refractivity contribution >= 4 is 0 Å². The lowest BCUT2D eigenvalue weighted by atomic mass is 9.73. The molecule has 2 aliphatic rings. The number of benzene rings is 2. The molecular formula is C18H18O. The molecule has 2 aliphatic carbocycles. The van der Waals surface area contributed by atoms with Crippen LogP contribution in [0.5, 0.6) is 0 Å². The molecule has 0 heterocycles. The molecule has 4 rings (SSSR count). The molecule has 2 aromatic rings. The highest BCUT2D eigenvalue weighted by Crippen LogP contribution is 2.43. The summed E-state index contributed by atoms with van der Waals surface area (Å²) in [5, 5.41) is 10.6. The van der Waals surface area contributed by atoms with Crippen LogP contribution in [-0.4, -0.2) is 5.11 Å². The molecule has 1 nitrogen and oxygen atoms in total.